The summed E-state index contributed by atoms with van der Waals surface area (Å²) in [6.45, 7) is 2.36. The van der Waals surface area contributed by atoms with Gasteiger partial charge in [-0.05, 0) is 90.9 Å². The van der Waals surface area contributed by atoms with Gasteiger partial charge in [-0.25, -0.2) is 14.0 Å². The van der Waals surface area contributed by atoms with Crippen molar-refractivity contribution in [1.82, 2.24) is 9.88 Å². The summed E-state index contributed by atoms with van der Waals surface area (Å²) in [4.78, 5) is 34.6. The Morgan fingerprint density at radius 1 is 1.00 bits per heavy atom. The zero-order valence-electron chi connectivity index (χ0n) is 27.1. The highest BCUT2D eigenvalue weighted by molar-refractivity contribution is 6.35. The summed E-state index contributed by atoms with van der Waals surface area (Å²) in [7, 11) is 3.03. The lowest BCUT2D eigenvalue weighted by Crippen LogP contribution is -2.53. The second-order valence-electron chi connectivity index (χ2n) is 12.2. The van der Waals surface area contributed by atoms with Crippen LogP contribution in [0.25, 0.3) is 0 Å². The van der Waals surface area contributed by atoms with Gasteiger partial charge in [0.2, 0.25) is 0 Å². The van der Waals surface area contributed by atoms with Crippen LogP contribution in [0.2, 0.25) is 10.0 Å². The molecule has 9 nitrogen and oxygen atoms in total. The molecule has 1 amide bonds. The number of rotatable bonds is 11. The summed E-state index contributed by atoms with van der Waals surface area (Å²) in [5, 5.41) is 11.2. The number of hydrogen-bond acceptors (Lipinski definition) is 7. The largest absolute Gasteiger partial charge is 0.493 e. The van der Waals surface area contributed by atoms with Crippen molar-refractivity contribution in [2.45, 2.75) is 37.8 Å². The molecule has 4 aromatic rings. The molecule has 0 saturated carbocycles. The van der Waals surface area contributed by atoms with E-state index in [1.807, 2.05) is 6.07 Å². The summed E-state index contributed by atoms with van der Waals surface area (Å²) >= 11 is 13.2. The summed E-state index contributed by atoms with van der Waals surface area (Å²) in [6.07, 6.45) is 3.93. The number of hydrogen-bond donors (Lipinski definition) is 1. The smallest absolute Gasteiger partial charge is 0.415 e. The van der Waals surface area contributed by atoms with E-state index in [1.165, 1.54) is 49.7 Å². The summed E-state index contributed by atoms with van der Waals surface area (Å²) in [6, 6.07) is 16.1. The number of carbonyl (C=O) groups is 2. The number of nitrogens with zero attached hydrogens (tertiary/aromatic N) is 3. The third-order valence-electron chi connectivity index (χ3n) is 9.49. The zero-order chi connectivity index (χ0) is 34.7. The molecule has 0 radical (unpaired) electrons. The van der Waals surface area contributed by atoms with Crippen molar-refractivity contribution in [3.8, 4) is 11.5 Å². The number of ether oxygens (including phenoxy) is 3. The predicted molar refractivity (Wildman–Crippen MR) is 185 cm³/mol. The number of anilines is 1. The van der Waals surface area contributed by atoms with Gasteiger partial charge in [0, 0.05) is 24.9 Å². The van der Waals surface area contributed by atoms with Gasteiger partial charge < -0.3 is 19.3 Å². The number of fused-ring (bicyclic) bond motifs is 3. The molecular weight excluding hydrogens is 672 g/mol. The average Bonchev–Trinajstić information content (AvgIpc) is 3.11. The van der Waals surface area contributed by atoms with Crippen LogP contribution in [0.1, 0.15) is 51.4 Å². The Labute approximate surface area is 294 Å². The first-order valence-electron chi connectivity index (χ1n) is 16.0. The summed E-state index contributed by atoms with van der Waals surface area (Å²) in [5.74, 6) is -1.33. The van der Waals surface area contributed by atoms with Gasteiger partial charge in [0.05, 0.1) is 42.1 Å². The van der Waals surface area contributed by atoms with Gasteiger partial charge in [-0.2, -0.15) is 0 Å². The standard InChI is InChI=1S/C37H36Cl2FN3O6/c1-47-32-11-10-23(16-33(32)48-2)26(17-27-28(38)18-41-19-29(27)39)35-24(6-5-7-25(35)36(44)45)20-43(31-9-4-3-8-30(31)40)37(46)49-34-21-42-14-12-22(34)13-15-42/h3-11,16,18-19,22,26,34H,12-15,17,20-21H2,1-2H3,(H,44,45)/t26?,34-/m0/s1. The molecule has 0 spiro atoms. The van der Waals surface area contributed by atoms with Crippen LogP contribution in [0.15, 0.2) is 73.1 Å². The van der Waals surface area contributed by atoms with E-state index < -0.39 is 23.8 Å². The number of pyridine rings is 1. The number of carbonyl (C=O) groups excluding carboxylic acids is 1. The van der Waals surface area contributed by atoms with E-state index in [1.54, 1.807) is 36.4 Å². The Kier molecular flexibility index (Phi) is 10.6. The first-order chi connectivity index (χ1) is 23.7. The number of para-hydroxylation sites is 1. The van der Waals surface area contributed by atoms with Gasteiger partial charge in [0.25, 0.3) is 0 Å². The van der Waals surface area contributed by atoms with Crippen LogP contribution in [0, 0.1) is 11.7 Å². The van der Waals surface area contributed by atoms with Crippen molar-refractivity contribution in [3.05, 3.63) is 117 Å². The molecule has 3 saturated heterocycles. The number of amides is 1. The Morgan fingerprint density at radius 3 is 2.35 bits per heavy atom. The van der Waals surface area contributed by atoms with E-state index in [0.29, 0.717) is 50.3 Å². The lowest BCUT2D eigenvalue weighted by molar-refractivity contribution is -0.0311. The predicted octanol–water partition coefficient (Wildman–Crippen LogP) is 7.85. The lowest BCUT2D eigenvalue weighted by Gasteiger charge is -2.44. The Bertz CT molecular complexity index is 1830. The lowest BCUT2D eigenvalue weighted by atomic mass is 9.80. The Hall–Kier alpha value is -4.38. The maximum Gasteiger partial charge on any atom is 0.415 e. The summed E-state index contributed by atoms with van der Waals surface area (Å²) in [5.41, 5.74) is 2.10. The molecule has 1 N–H and O–H groups in total. The van der Waals surface area contributed by atoms with Crippen LogP contribution in [0.5, 0.6) is 11.5 Å². The van der Waals surface area contributed by atoms with Gasteiger partial charge in [-0.1, -0.05) is 53.5 Å². The first kappa shape index (κ1) is 34.5. The molecule has 12 heteroatoms. The van der Waals surface area contributed by atoms with Crippen molar-refractivity contribution in [1.29, 1.82) is 0 Å². The van der Waals surface area contributed by atoms with Gasteiger partial charge in [0.15, 0.2) is 11.5 Å². The molecule has 1 unspecified atom stereocenters. The Balaban J connectivity index is 1.49. The van der Waals surface area contributed by atoms with Crippen LogP contribution in [-0.2, 0) is 17.7 Å². The first-order valence-corrected chi connectivity index (χ1v) is 16.7. The Morgan fingerprint density at radius 2 is 1.71 bits per heavy atom. The quantitative estimate of drug-likeness (QED) is 0.168. The molecule has 3 fully saturated rings. The van der Waals surface area contributed by atoms with Gasteiger partial charge in [0.1, 0.15) is 11.9 Å². The molecule has 3 aromatic carbocycles. The average molecular weight is 709 g/mol. The van der Waals surface area contributed by atoms with E-state index in [4.69, 9.17) is 37.4 Å². The minimum Gasteiger partial charge on any atom is -0.493 e. The fourth-order valence-corrected chi connectivity index (χ4v) is 7.49. The molecule has 7 rings (SSSR count). The van der Waals surface area contributed by atoms with E-state index in [9.17, 15) is 14.7 Å². The molecule has 2 bridgehead atoms. The molecule has 3 aliphatic heterocycles. The van der Waals surface area contributed by atoms with E-state index >= 15 is 4.39 Å². The van der Waals surface area contributed by atoms with Crippen LogP contribution in [0.4, 0.5) is 14.9 Å². The van der Waals surface area contributed by atoms with Crippen molar-refractivity contribution in [2.75, 3.05) is 38.8 Å². The molecule has 4 heterocycles. The van der Waals surface area contributed by atoms with E-state index in [-0.39, 0.29) is 36.2 Å². The topological polar surface area (TPSA) is 101 Å². The van der Waals surface area contributed by atoms with E-state index in [2.05, 4.69) is 9.88 Å². The third-order valence-corrected chi connectivity index (χ3v) is 10.1. The maximum absolute atomic E-state index is 15.5. The van der Waals surface area contributed by atoms with Crippen molar-refractivity contribution in [2.24, 2.45) is 5.92 Å². The van der Waals surface area contributed by atoms with Gasteiger partial charge in [-0.15, -0.1) is 0 Å². The number of benzene rings is 3. The monoisotopic (exact) mass is 707 g/mol. The maximum atomic E-state index is 15.5. The molecular formula is C37H36Cl2FN3O6. The number of carboxylic acids is 1. The minimum absolute atomic E-state index is 0.00201. The zero-order valence-corrected chi connectivity index (χ0v) is 28.6. The highest BCUT2D eigenvalue weighted by Gasteiger charge is 2.38. The molecule has 2 atom stereocenters. The van der Waals surface area contributed by atoms with Gasteiger partial charge in [-0.3, -0.25) is 14.8 Å². The SMILES string of the molecule is COc1ccc(C(Cc2c(Cl)cncc2Cl)c2c(CN(C(=O)O[C@H]3CN4CCC3CC4)c3ccccc3F)cccc2C(=O)O)cc1OC. The number of carboxylic acid groups (broad SMARTS) is 1. The molecule has 0 aliphatic carbocycles. The van der Waals surface area contributed by atoms with E-state index in [0.717, 1.165) is 25.9 Å². The highest BCUT2D eigenvalue weighted by Crippen LogP contribution is 2.41. The second-order valence-corrected chi connectivity index (χ2v) is 13.0. The van der Waals surface area contributed by atoms with Crippen LogP contribution >= 0.6 is 23.2 Å². The minimum atomic E-state index is -1.18. The number of halogens is 3. The number of piperidine rings is 3. The van der Waals surface area contributed by atoms with Crippen molar-refractivity contribution in [3.63, 3.8) is 0 Å². The molecule has 49 heavy (non-hydrogen) atoms. The van der Waals surface area contributed by atoms with Crippen molar-refractivity contribution < 1.29 is 33.3 Å². The highest BCUT2D eigenvalue weighted by atomic mass is 35.5. The fraction of sp³-hybridized carbons (Fsp3) is 0.324. The normalized spacial score (nSPS) is 18.8. The second kappa shape index (κ2) is 15.0. The third kappa shape index (κ3) is 7.32. The number of aromatic carboxylic acids is 1. The number of methoxy groups -OCH3 is 2. The summed E-state index contributed by atoms with van der Waals surface area (Å²) < 4.78 is 32.7. The molecule has 1 aromatic heterocycles. The number of aromatic nitrogens is 1. The molecule has 3 aliphatic rings. The molecule has 256 valence electrons. The van der Waals surface area contributed by atoms with Gasteiger partial charge >= 0.3 is 12.1 Å². The van der Waals surface area contributed by atoms with Crippen molar-refractivity contribution >= 4 is 41.0 Å². The fourth-order valence-electron chi connectivity index (χ4n) is 6.97. The van der Waals surface area contributed by atoms with Crippen LogP contribution < -0.4 is 14.4 Å². The van der Waals surface area contributed by atoms with Crippen LogP contribution in [-0.4, -0.2) is 67.0 Å². The van der Waals surface area contributed by atoms with Crippen LogP contribution in [0.3, 0.4) is 0 Å².